The van der Waals surface area contributed by atoms with Gasteiger partial charge in [0.05, 0.1) is 23.8 Å². The summed E-state index contributed by atoms with van der Waals surface area (Å²) in [7, 11) is -1.58. The van der Waals surface area contributed by atoms with Crippen molar-refractivity contribution in [2.45, 2.75) is 26.6 Å². The van der Waals surface area contributed by atoms with Crippen LogP contribution < -0.4 is 5.38 Å². The number of hydrogen-bond acceptors (Lipinski definition) is 3. The van der Waals surface area contributed by atoms with Crippen molar-refractivity contribution < 1.29 is 13.9 Å². The van der Waals surface area contributed by atoms with Gasteiger partial charge in [-0.15, -0.1) is 0 Å². The lowest BCUT2D eigenvalue weighted by molar-refractivity contribution is 0.0527. The maximum Gasteiger partial charge on any atom is 0.341 e. The van der Waals surface area contributed by atoms with E-state index in [4.69, 9.17) is 9.15 Å². The Balaban J connectivity index is 2.99. The van der Waals surface area contributed by atoms with Gasteiger partial charge in [-0.05, 0) is 13.0 Å². The van der Waals surface area contributed by atoms with Gasteiger partial charge in [-0.2, -0.15) is 0 Å². The number of carbonyl (C=O) groups excluding carboxylic acids is 1. The summed E-state index contributed by atoms with van der Waals surface area (Å²) in [5.74, 6) is -0.279. The van der Waals surface area contributed by atoms with Gasteiger partial charge < -0.3 is 9.15 Å². The number of esters is 1. The van der Waals surface area contributed by atoms with Crippen LogP contribution in [0, 0.1) is 0 Å². The van der Waals surface area contributed by atoms with Crippen molar-refractivity contribution in [3.8, 4) is 0 Å². The SMILES string of the molecule is CCOC(=O)c1ccoc1[Si](C)(C)C. The molecule has 0 unspecified atom stereocenters. The van der Waals surface area contributed by atoms with Crippen molar-refractivity contribution in [2.24, 2.45) is 0 Å². The van der Waals surface area contributed by atoms with Crippen LogP contribution in [0.1, 0.15) is 17.3 Å². The summed E-state index contributed by atoms with van der Waals surface area (Å²) in [5.41, 5.74) is 0.589. The van der Waals surface area contributed by atoms with Crippen LogP contribution >= 0.6 is 0 Å². The van der Waals surface area contributed by atoms with Gasteiger partial charge in [0.1, 0.15) is 8.07 Å². The van der Waals surface area contributed by atoms with Gasteiger partial charge in [-0.25, -0.2) is 4.79 Å². The monoisotopic (exact) mass is 212 g/mol. The van der Waals surface area contributed by atoms with Gasteiger partial charge in [-0.1, -0.05) is 19.6 Å². The zero-order valence-corrected chi connectivity index (χ0v) is 10.1. The maximum absolute atomic E-state index is 11.5. The van der Waals surface area contributed by atoms with Gasteiger partial charge in [-0.3, -0.25) is 0 Å². The van der Waals surface area contributed by atoms with E-state index in [9.17, 15) is 4.79 Å². The van der Waals surface area contributed by atoms with Crippen molar-refractivity contribution in [1.82, 2.24) is 0 Å². The molecule has 4 heteroatoms. The highest BCUT2D eigenvalue weighted by Crippen LogP contribution is 2.09. The van der Waals surface area contributed by atoms with E-state index in [1.807, 2.05) is 0 Å². The van der Waals surface area contributed by atoms with Crippen molar-refractivity contribution in [1.29, 1.82) is 0 Å². The van der Waals surface area contributed by atoms with Crippen LogP contribution in [0.2, 0.25) is 19.6 Å². The third-order valence-electron chi connectivity index (χ3n) is 1.84. The summed E-state index contributed by atoms with van der Waals surface area (Å²) in [6.07, 6.45) is 1.56. The molecule has 0 aliphatic heterocycles. The second kappa shape index (κ2) is 4.00. The van der Waals surface area contributed by atoms with Crippen LogP contribution in [-0.2, 0) is 4.74 Å². The van der Waals surface area contributed by atoms with Gasteiger partial charge in [0.2, 0.25) is 0 Å². The number of carbonyl (C=O) groups is 1. The molecule has 1 heterocycles. The Morgan fingerprint density at radius 2 is 2.14 bits per heavy atom. The zero-order chi connectivity index (χ0) is 10.8. The highest BCUT2D eigenvalue weighted by Gasteiger charge is 2.27. The molecule has 0 radical (unpaired) electrons. The Kier molecular flexibility index (Phi) is 3.16. The Morgan fingerprint density at radius 1 is 1.50 bits per heavy atom. The molecule has 1 rings (SSSR count). The normalized spacial score (nSPS) is 11.4. The first-order valence-corrected chi connectivity index (χ1v) is 8.22. The van der Waals surface area contributed by atoms with Crippen LogP contribution in [0.15, 0.2) is 16.7 Å². The lowest BCUT2D eigenvalue weighted by Gasteiger charge is -2.13. The molecule has 78 valence electrons. The molecule has 0 atom stereocenters. The molecule has 0 saturated heterocycles. The molecule has 0 aromatic carbocycles. The average Bonchev–Trinajstić information content (AvgIpc) is 2.50. The van der Waals surface area contributed by atoms with Crippen molar-refractivity contribution >= 4 is 19.4 Å². The van der Waals surface area contributed by atoms with E-state index < -0.39 is 8.07 Å². The van der Waals surface area contributed by atoms with E-state index in [0.29, 0.717) is 12.2 Å². The maximum atomic E-state index is 11.5. The highest BCUT2D eigenvalue weighted by molar-refractivity contribution is 6.88. The average molecular weight is 212 g/mol. The zero-order valence-electron chi connectivity index (χ0n) is 9.09. The van der Waals surface area contributed by atoms with E-state index >= 15 is 0 Å². The molecule has 0 saturated carbocycles. The molecule has 0 amide bonds. The first kappa shape index (κ1) is 11.0. The molecule has 1 aromatic heterocycles. The minimum atomic E-state index is -1.58. The standard InChI is InChI=1S/C10H16O3Si/c1-5-12-9(11)8-6-7-13-10(8)14(2,3)4/h6-7H,5H2,1-4H3. The van der Waals surface area contributed by atoms with Gasteiger partial charge in [0, 0.05) is 0 Å². The Labute approximate surface area is 85.1 Å². The van der Waals surface area contributed by atoms with E-state index in [-0.39, 0.29) is 5.97 Å². The fraction of sp³-hybridized carbons (Fsp3) is 0.500. The predicted octanol–water partition coefficient (Wildman–Crippen LogP) is 2.00. The Hall–Kier alpha value is -1.03. The number of hydrogen-bond donors (Lipinski definition) is 0. The summed E-state index contributed by atoms with van der Waals surface area (Å²) >= 11 is 0. The largest absolute Gasteiger partial charge is 0.474 e. The molecular weight excluding hydrogens is 196 g/mol. The summed E-state index contributed by atoms with van der Waals surface area (Å²) in [6.45, 7) is 8.60. The lowest BCUT2D eigenvalue weighted by atomic mass is 10.3. The molecule has 0 N–H and O–H groups in total. The molecule has 0 spiro atoms. The molecule has 0 bridgehead atoms. The highest BCUT2D eigenvalue weighted by atomic mass is 28.3. The van der Waals surface area contributed by atoms with Crippen molar-refractivity contribution in [3.05, 3.63) is 17.9 Å². The van der Waals surface area contributed by atoms with E-state index in [2.05, 4.69) is 19.6 Å². The van der Waals surface area contributed by atoms with Gasteiger partial charge >= 0.3 is 5.97 Å². The predicted molar refractivity (Wildman–Crippen MR) is 57.6 cm³/mol. The van der Waals surface area contributed by atoms with E-state index in [0.717, 1.165) is 5.38 Å². The first-order chi connectivity index (χ1) is 6.46. The first-order valence-electron chi connectivity index (χ1n) is 4.72. The smallest absolute Gasteiger partial charge is 0.341 e. The van der Waals surface area contributed by atoms with Crippen LogP contribution in [-0.4, -0.2) is 20.7 Å². The number of rotatable bonds is 3. The van der Waals surface area contributed by atoms with Crippen LogP contribution in [0.25, 0.3) is 0 Å². The van der Waals surface area contributed by atoms with Crippen molar-refractivity contribution in [2.75, 3.05) is 6.61 Å². The third kappa shape index (κ3) is 2.26. The van der Waals surface area contributed by atoms with Gasteiger partial charge in [0.15, 0.2) is 0 Å². The molecular formula is C10H16O3Si. The molecule has 0 aliphatic rings. The number of ether oxygens (including phenoxy) is 1. The summed E-state index contributed by atoms with van der Waals surface area (Å²) in [4.78, 5) is 11.5. The molecule has 3 nitrogen and oxygen atoms in total. The Morgan fingerprint density at radius 3 is 2.64 bits per heavy atom. The molecule has 1 aromatic rings. The topological polar surface area (TPSA) is 39.4 Å². The molecule has 0 aliphatic carbocycles. The summed E-state index contributed by atoms with van der Waals surface area (Å²) in [5, 5.41) is 0.816. The minimum Gasteiger partial charge on any atom is -0.474 e. The number of furan rings is 1. The second-order valence-electron chi connectivity index (χ2n) is 4.13. The van der Waals surface area contributed by atoms with Crippen LogP contribution in [0.3, 0.4) is 0 Å². The summed E-state index contributed by atoms with van der Waals surface area (Å²) in [6, 6.07) is 1.69. The molecule has 14 heavy (non-hydrogen) atoms. The van der Waals surface area contributed by atoms with Gasteiger partial charge in [0.25, 0.3) is 0 Å². The lowest BCUT2D eigenvalue weighted by Crippen LogP contribution is -2.40. The second-order valence-corrected chi connectivity index (χ2v) is 9.09. The van der Waals surface area contributed by atoms with Crippen molar-refractivity contribution in [3.63, 3.8) is 0 Å². The quantitative estimate of drug-likeness (QED) is 0.568. The molecule has 0 fully saturated rings. The minimum absolute atomic E-state index is 0.279. The fourth-order valence-electron chi connectivity index (χ4n) is 1.26. The van der Waals surface area contributed by atoms with E-state index in [1.54, 1.807) is 19.3 Å². The fourth-order valence-corrected chi connectivity index (χ4v) is 2.67. The van der Waals surface area contributed by atoms with Crippen LogP contribution in [0.5, 0.6) is 0 Å². The van der Waals surface area contributed by atoms with E-state index in [1.165, 1.54) is 0 Å². The third-order valence-corrected chi connectivity index (χ3v) is 3.59. The van der Waals surface area contributed by atoms with Crippen LogP contribution in [0.4, 0.5) is 0 Å². The summed E-state index contributed by atoms with van der Waals surface area (Å²) < 4.78 is 10.3. The Bertz CT molecular complexity index is 322.